The van der Waals surface area contributed by atoms with Gasteiger partial charge in [-0.3, -0.25) is 0 Å². The van der Waals surface area contributed by atoms with E-state index >= 15 is 0 Å². The van der Waals surface area contributed by atoms with Crippen LogP contribution in [0.4, 0.5) is 10.5 Å². The van der Waals surface area contributed by atoms with Gasteiger partial charge in [-0.15, -0.1) is 0 Å². The van der Waals surface area contributed by atoms with Gasteiger partial charge in [0, 0.05) is 24.5 Å². The van der Waals surface area contributed by atoms with Crippen LogP contribution in [0, 0.1) is 0 Å². The average Bonchev–Trinajstić information content (AvgIpc) is 2.39. The van der Waals surface area contributed by atoms with Crippen LogP contribution in [0.5, 0.6) is 5.75 Å². The molecule has 110 valence electrons. The van der Waals surface area contributed by atoms with Gasteiger partial charge in [0.25, 0.3) is 0 Å². The summed E-state index contributed by atoms with van der Waals surface area (Å²) in [6.07, 6.45) is 1.96. The number of aromatic carboxylic acids is 1. The SMILES string of the molecule is CSCC(C)N(C)C(=O)Nc1ccc(O)c(C(=O)O)c1. The molecular weight excluding hydrogens is 280 g/mol. The monoisotopic (exact) mass is 298 g/mol. The summed E-state index contributed by atoms with van der Waals surface area (Å²) < 4.78 is 0. The second-order valence-electron chi connectivity index (χ2n) is 4.38. The fourth-order valence-electron chi connectivity index (χ4n) is 1.55. The molecule has 2 amide bonds. The molecule has 0 aromatic heterocycles. The zero-order chi connectivity index (χ0) is 15.3. The number of urea groups is 1. The van der Waals surface area contributed by atoms with Crippen LogP contribution in [-0.4, -0.2) is 52.2 Å². The van der Waals surface area contributed by atoms with Crippen LogP contribution in [0.1, 0.15) is 17.3 Å². The zero-order valence-corrected chi connectivity index (χ0v) is 12.4. The fourth-order valence-corrected chi connectivity index (χ4v) is 2.26. The molecule has 0 saturated carbocycles. The lowest BCUT2D eigenvalue weighted by atomic mass is 10.2. The van der Waals surface area contributed by atoms with Gasteiger partial charge in [-0.2, -0.15) is 11.8 Å². The molecule has 0 heterocycles. The first kappa shape index (κ1) is 16.2. The molecule has 1 atom stereocenters. The Kier molecular flexibility index (Phi) is 5.69. The summed E-state index contributed by atoms with van der Waals surface area (Å²) in [4.78, 5) is 24.4. The molecule has 3 N–H and O–H groups in total. The quantitative estimate of drug-likeness (QED) is 0.726. The van der Waals surface area contributed by atoms with Gasteiger partial charge in [0.15, 0.2) is 0 Å². The maximum absolute atomic E-state index is 12.0. The number of anilines is 1. The second kappa shape index (κ2) is 7.04. The number of benzene rings is 1. The summed E-state index contributed by atoms with van der Waals surface area (Å²) in [6.45, 7) is 1.93. The first-order chi connectivity index (χ1) is 9.36. The van der Waals surface area contributed by atoms with Crippen LogP contribution >= 0.6 is 11.8 Å². The Hall–Kier alpha value is -1.89. The van der Waals surface area contributed by atoms with Crippen LogP contribution < -0.4 is 5.32 Å². The van der Waals surface area contributed by atoms with Gasteiger partial charge in [-0.1, -0.05) is 0 Å². The Balaban J connectivity index is 2.80. The van der Waals surface area contributed by atoms with Crippen molar-refractivity contribution in [2.75, 3.05) is 24.4 Å². The van der Waals surface area contributed by atoms with Crippen LogP contribution in [0.2, 0.25) is 0 Å². The van der Waals surface area contributed by atoms with E-state index in [1.807, 2.05) is 13.2 Å². The third-order valence-corrected chi connectivity index (χ3v) is 3.68. The molecule has 1 aromatic carbocycles. The van der Waals surface area contributed by atoms with E-state index in [9.17, 15) is 14.7 Å². The van der Waals surface area contributed by atoms with E-state index < -0.39 is 5.97 Å². The highest BCUT2D eigenvalue weighted by molar-refractivity contribution is 7.98. The summed E-state index contributed by atoms with van der Waals surface area (Å²) in [5.41, 5.74) is 0.0796. The number of thioether (sulfide) groups is 1. The highest BCUT2D eigenvalue weighted by Crippen LogP contribution is 2.21. The Bertz CT molecular complexity index is 507. The third kappa shape index (κ3) is 4.06. The molecule has 6 nitrogen and oxygen atoms in total. The molecule has 0 fully saturated rings. The number of nitrogens with one attached hydrogen (secondary N) is 1. The van der Waals surface area contributed by atoms with Crippen molar-refractivity contribution >= 4 is 29.4 Å². The Morgan fingerprint density at radius 2 is 2.10 bits per heavy atom. The van der Waals surface area contributed by atoms with E-state index in [2.05, 4.69) is 5.32 Å². The molecule has 0 spiro atoms. The largest absolute Gasteiger partial charge is 0.507 e. The first-order valence-corrected chi connectivity index (χ1v) is 7.35. The normalized spacial score (nSPS) is 11.8. The van der Waals surface area contributed by atoms with Gasteiger partial charge in [-0.25, -0.2) is 9.59 Å². The second-order valence-corrected chi connectivity index (χ2v) is 5.29. The molecule has 0 aliphatic rings. The van der Waals surface area contributed by atoms with Crippen molar-refractivity contribution in [2.24, 2.45) is 0 Å². The number of nitrogens with zero attached hydrogens (tertiary/aromatic N) is 1. The number of carbonyl (C=O) groups is 2. The molecule has 1 unspecified atom stereocenters. The van der Waals surface area contributed by atoms with E-state index in [1.165, 1.54) is 18.2 Å². The highest BCUT2D eigenvalue weighted by Gasteiger charge is 2.16. The van der Waals surface area contributed by atoms with Crippen molar-refractivity contribution in [1.29, 1.82) is 0 Å². The van der Waals surface area contributed by atoms with Crippen LogP contribution in [0.3, 0.4) is 0 Å². The van der Waals surface area contributed by atoms with E-state index in [-0.39, 0.29) is 23.4 Å². The predicted octanol–water partition coefficient (Wildman–Crippen LogP) is 2.31. The lowest BCUT2D eigenvalue weighted by molar-refractivity contribution is 0.0693. The zero-order valence-electron chi connectivity index (χ0n) is 11.6. The lowest BCUT2D eigenvalue weighted by Gasteiger charge is -2.24. The van der Waals surface area contributed by atoms with E-state index in [0.717, 1.165) is 5.75 Å². The molecular formula is C13H18N2O4S. The molecule has 0 aliphatic heterocycles. The number of carboxylic acids is 1. The molecule has 0 aliphatic carbocycles. The molecule has 0 radical (unpaired) electrons. The number of carboxylic acid groups (broad SMARTS) is 1. The minimum atomic E-state index is -1.25. The summed E-state index contributed by atoms with van der Waals surface area (Å²) in [5, 5.41) is 20.9. The number of hydrogen-bond donors (Lipinski definition) is 3. The number of phenols is 1. The summed E-state index contributed by atoms with van der Waals surface area (Å²) >= 11 is 1.64. The summed E-state index contributed by atoms with van der Waals surface area (Å²) in [7, 11) is 1.68. The van der Waals surface area contributed by atoms with E-state index in [0.29, 0.717) is 5.69 Å². The first-order valence-electron chi connectivity index (χ1n) is 5.96. The topological polar surface area (TPSA) is 89.9 Å². The Morgan fingerprint density at radius 1 is 1.45 bits per heavy atom. The summed E-state index contributed by atoms with van der Waals surface area (Å²) in [6, 6.07) is 3.65. The fraction of sp³-hybridized carbons (Fsp3) is 0.385. The van der Waals surface area contributed by atoms with Crippen molar-refractivity contribution in [3.05, 3.63) is 23.8 Å². The minimum Gasteiger partial charge on any atom is -0.507 e. The van der Waals surface area contributed by atoms with E-state index in [1.54, 1.807) is 23.7 Å². The number of carbonyl (C=O) groups excluding carboxylic acids is 1. The number of aromatic hydroxyl groups is 1. The number of rotatable bonds is 5. The number of amides is 2. The van der Waals surface area contributed by atoms with Crippen molar-refractivity contribution in [3.8, 4) is 5.75 Å². The maximum atomic E-state index is 12.0. The van der Waals surface area contributed by atoms with Crippen molar-refractivity contribution in [2.45, 2.75) is 13.0 Å². The average molecular weight is 298 g/mol. The molecule has 0 saturated heterocycles. The Morgan fingerprint density at radius 3 is 2.65 bits per heavy atom. The van der Waals surface area contributed by atoms with Crippen molar-refractivity contribution < 1.29 is 19.8 Å². The van der Waals surface area contributed by atoms with Gasteiger partial charge < -0.3 is 20.4 Å². The molecule has 1 rings (SSSR count). The minimum absolute atomic E-state index is 0.0565. The van der Waals surface area contributed by atoms with Crippen molar-refractivity contribution in [1.82, 2.24) is 4.90 Å². The maximum Gasteiger partial charge on any atom is 0.339 e. The molecule has 0 bridgehead atoms. The van der Waals surface area contributed by atoms with Gasteiger partial charge in [0.05, 0.1) is 0 Å². The predicted molar refractivity (Wildman–Crippen MR) is 79.7 cm³/mol. The van der Waals surface area contributed by atoms with Gasteiger partial charge in [-0.05, 0) is 31.4 Å². The summed E-state index contributed by atoms with van der Waals surface area (Å²) in [5.74, 6) is -0.776. The van der Waals surface area contributed by atoms with Gasteiger partial charge in [0.2, 0.25) is 0 Å². The van der Waals surface area contributed by atoms with E-state index in [4.69, 9.17) is 5.11 Å². The lowest BCUT2D eigenvalue weighted by Crippen LogP contribution is -2.39. The molecule has 20 heavy (non-hydrogen) atoms. The van der Waals surface area contributed by atoms with Crippen LogP contribution in [0.25, 0.3) is 0 Å². The third-order valence-electron chi connectivity index (χ3n) is 2.87. The van der Waals surface area contributed by atoms with Gasteiger partial charge >= 0.3 is 12.0 Å². The van der Waals surface area contributed by atoms with Crippen molar-refractivity contribution in [3.63, 3.8) is 0 Å². The highest BCUT2D eigenvalue weighted by atomic mass is 32.2. The van der Waals surface area contributed by atoms with Crippen LogP contribution in [-0.2, 0) is 0 Å². The van der Waals surface area contributed by atoms with Crippen LogP contribution in [0.15, 0.2) is 18.2 Å². The standard InChI is InChI=1S/C13H18N2O4S/c1-8(7-20-3)15(2)13(19)14-9-4-5-11(16)10(6-9)12(17)18/h4-6,8,16H,7H2,1-3H3,(H,14,19)(H,17,18). The van der Waals surface area contributed by atoms with Gasteiger partial charge in [0.1, 0.15) is 11.3 Å². The molecule has 1 aromatic rings. The smallest absolute Gasteiger partial charge is 0.339 e. The Labute approximate surface area is 121 Å². The number of hydrogen-bond acceptors (Lipinski definition) is 4. The molecule has 7 heteroatoms.